The van der Waals surface area contributed by atoms with E-state index >= 15 is 0 Å². The fraction of sp³-hybridized carbons (Fsp3) is 0.0769. The van der Waals surface area contributed by atoms with Gasteiger partial charge in [0.2, 0.25) is 0 Å². The molecule has 0 bridgehead atoms. The van der Waals surface area contributed by atoms with Gasteiger partial charge in [-0.05, 0) is 34.6 Å². The second-order valence-electron chi connectivity index (χ2n) is 4.55. The summed E-state index contributed by atoms with van der Waals surface area (Å²) in [4.78, 5) is 0.154. The molecule has 0 spiro atoms. The number of aromatic nitrogens is 2. The molecule has 3 aromatic rings. The molecular formula is C13H11N3O4S2. The van der Waals surface area contributed by atoms with Gasteiger partial charge in [0.1, 0.15) is 10.4 Å². The predicted octanol–water partition coefficient (Wildman–Crippen LogP) is 2.07. The average Bonchev–Trinajstić information content (AvgIpc) is 2.95. The Labute approximate surface area is 127 Å². The molecule has 7 nitrogen and oxygen atoms in total. The quantitative estimate of drug-likeness (QED) is 0.725. The summed E-state index contributed by atoms with van der Waals surface area (Å²) in [7, 11) is -7.29. The predicted molar refractivity (Wildman–Crippen MR) is 80.2 cm³/mol. The first-order valence-electron chi connectivity index (χ1n) is 6.15. The van der Waals surface area contributed by atoms with Gasteiger partial charge in [0, 0.05) is 11.2 Å². The molecular weight excluding hydrogens is 326 g/mol. The van der Waals surface area contributed by atoms with Crippen molar-refractivity contribution in [3.63, 3.8) is 0 Å². The number of benzene rings is 2. The zero-order valence-corrected chi connectivity index (χ0v) is 13.0. The van der Waals surface area contributed by atoms with Gasteiger partial charge in [-0.3, -0.25) is 0 Å². The van der Waals surface area contributed by atoms with E-state index in [0.717, 1.165) is 0 Å². The summed E-state index contributed by atoms with van der Waals surface area (Å²) in [5.74, 6) is 0. The van der Waals surface area contributed by atoms with Crippen LogP contribution in [0.3, 0.4) is 0 Å². The highest BCUT2D eigenvalue weighted by Crippen LogP contribution is 2.24. The number of hydrogen-bond acceptors (Lipinski definition) is 6. The van der Waals surface area contributed by atoms with Crippen molar-refractivity contribution in [2.45, 2.75) is 9.79 Å². The van der Waals surface area contributed by atoms with Crippen LogP contribution >= 0.6 is 0 Å². The van der Waals surface area contributed by atoms with Crippen molar-refractivity contribution in [3.8, 4) is 0 Å². The Morgan fingerprint density at radius 2 is 1.68 bits per heavy atom. The summed E-state index contributed by atoms with van der Waals surface area (Å²) >= 11 is 0. The second-order valence-corrected chi connectivity index (χ2v) is 8.62. The van der Waals surface area contributed by atoms with Crippen molar-refractivity contribution in [1.82, 2.24) is 10.3 Å². The number of fused-ring (bicyclic) bond motifs is 1. The molecule has 1 aromatic heterocycles. The van der Waals surface area contributed by atoms with E-state index < -0.39 is 19.8 Å². The van der Waals surface area contributed by atoms with Gasteiger partial charge in [-0.15, -0.1) is 3.77 Å². The van der Waals surface area contributed by atoms with Gasteiger partial charge < -0.3 is 0 Å². The van der Waals surface area contributed by atoms with Crippen LogP contribution in [0.2, 0.25) is 0 Å². The first kappa shape index (κ1) is 14.7. The fourth-order valence-electron chi connectivity index (χ4n) is 1.93. The minimum absolute atomic E-state index is 0.0644. The smallest absolute Gasteiger partial charge is 0.244 e. The summed E-state index contributed by atoms with van der Waals surface area (Å²) in [5, 5.41) is 7.15. The van der Waals surface area contributed by atoms with Gasteiger partial charge in [-0.1, -0.05) is 24.3 Å². The Hall–Kier alpha value is -2.26. The van der Waals surface area contributed by atoms with Crippen LogP contribution in [-0.2, 0) is 19.8 Å². The molecule has 114 valence electrons. The van der Waals surface area contributed by atoms with E-state index in [9.17, 15) is 12.6 Å². The van der Waals surface area contributed by atoms with Crippen LogP contribution in [0.15, 0.2) is 66.7 Å². The lowest BCUT2D eigenvalue weighted by Crippen LogP contribution is -2.05. The van der Waals surface area contributed by atoms with Gasteiger partial charge in [0.05, 0.1) is 9.73 Å². The summed E-state index contributed by atoms with van der Waals surface area (Å²) in [5.41, 5.74) is 0.355. The first-order valence-corrected chi connectivity index (χ1v) is 9.51. The van der Waals surface area contributed by atoms with Gasteiger partial charge in [0.25, 0.3) is 10.0 Å². The number of sulfonamides is 1. The van der Waals surface area contributed by atoms with Crippen LogP contribution in [0.5, 0.6) is 0 Å². The summed E-state index contributed by atoms with van der Waals surface area (Å²) in [6, 6.07) is 12.6. The van der Waals surface area contributed by atoms with Gasteiger partial charge in [0.15, 0.2) is 5.52 Å². The summed E-state index contributed by atoms with van der Waals surface area (Å²) in [6.45, 7) is 0. The highest BCUT2D eigenvalue weighted by molar-refractivity contribution is 8.03. The summed E-state index contributed by atoms with van der Waals surface area (Å²) < 4.78 is 45.7. The van der Waals surface area contributed by atoms with Gasteiger partial charge in [-0.25, -0.2) is 8.84 Å². The van der Waals surface area contributed by atoms with Crippen LogP contribution in [0.25, 0.3) is 11.0 Å². The molecule has 0 unspecified atom stereocenters. The Bertz CT molecular complexity index is 1050. The monoisotopic (exact) mass is 337 g/mol. The lowest BCUT2D eigenvalue weighted by Gasteiger charge is -2.05. The molecule has 0 saturated carbocycles. The Kier molecular flexibility index (Phi) is 3.45. The van der Waals surface area contributed by atoms with E-state index in [-0.39, 0.29) is 10.4 Å². The molecule has 0 radical (unpaired) electrons. The maximum Gasteiger partial charge on any atom is 0.292 e. The molecule has 1 heterocycles. The van der Waals surface area contributed by atoms with Crippen LogP contribution in [-0.4, -0.2) is 29.2 Å². The van der Waals surface area contributed by atoms with E-state index in [1.807, 2.05) is 0 Å². The topological polar surface area (TPSA) is 102 Å². The summed E-state index contributed by atoms with van der Waals surface area (Å²) in [6.07, 6.45) is 1.28. The highest BCUT2D eigenvalue weighted by Gasteiger charge is 2.22. The molecule has 2 aromatic carbocycles. The minimum Gasteiger partial charge on any atom is -0.244 e. The van der Waals surface area contributed by atoms with E-state index in [1.54, 1.807) is 36.4 Å². The lowest BCUT2D eigenvalue weighted by molar-refractivity contribution is 0.315. The highest BCUT2D eigenvalue weighted by atomic mass is 32.3. The van der Waals surface area contributed by atoms with E-state index in [1.165, 1.54) is 18.4 Å². The van der Waals surface area contributed by atoms with E-state index in [2.05, 4.69) is 18.7 Å². The number of nitrogens with zero attached hydrogens (tertiary/aromatic N) is 3. The van der Waals surface area contributed by atoms with Crippen molar-refractivity contribution < 1.29 is 17.3 Å². The van der Waals surface area contributed by atoms with Crippen molar-refractivity contribution in [3.05, 3.63) is 48.5 Å². The van der Waals surface area contributed by atoms with Crippen LogP contribution in [0.4, 0.5) is 0 Å². The molecule has 1 atom stereocenters. The van der Waals surface area contributed by atoms with Crippen molar-refractivity contribution in [2.75, 3.05) is 6.26 Å². The molecule has 0 aliphatic carbocycles. The van der Waals surface area contributed by atoms with E-state index in [0.29, 0.717) is 10.4 Å². The normalized spacial score (nSPS) is 14.6. The molecule has 0 N–H and O–H groups in total. The minimum atomic E-state index is -4.18. The zero-order chi connectivity index (χ0) is 15.8. The molecule has 0 aliphatic heterocycles. The maximum absolute atomic E-state index is 12.6. The second kappa shape index (κ2) is 5.18. The standard InChI is InChI=1S/C13H11N3O4S2/c1-21(17,10-6-3-2-4-7-10)16-22(18,19)12-9-5-8-11-13(12)15-20-14-11/h2-9H,1H3/t21-/m0/s1. The largest absolute Gasteiger partial charge is 0.292 e. The van der Waals surface area contributed by atoms with Crippen molar-refractivity contribution in [1.29, 1.82) is 0 Å². The zero-order valence-electron chi connectivity index (χ0n) is 11.4. The third-order valence-corrected chi connectivity index (χ3v) is 6.90. The Morgan fingerprint density at radius 3 is 2.41 bits per heavy atom. The average molecular weight is 337 g/mol. The van der Waals surface area contributed by atoms with Crippen LogP contribution < -0.4 is 0 Å². The first-order chi connectivity index (χ1) is 10.4. The third kappa shape index (κ3) is 2.60. The van der Waals surface area contributed by atoms with Crippen molar-refractivity contribution in [2.24, 2.45) is 3.77 Å². The van der Waals surface area contributed by atoms with Crippen LogP contribution in [0, 0.1) is 0 Å². The lowest BCUT2D eigenvalue weighted by atomic mass is 10.3. The van der Waals surface area contributed by atoms with Gasteiger partial charge in [-0.2, -0.15) is 8.42 Å². The molecule has 0 aliphatic rings. The SMILES string of the molecule is C[S@@](=O)(=NS(=O)(=O)c1cccc2nonc12)c1ccccc1. The Morgan fingerprint density at radius 1 is 0.955 bits per heavy atom. The molecule has 22 heavy (non-hydrogen) atoms. The fourth-order valence-corrected chi connectivity index (χ4v) is 5.40. The molecule has 0 saturated heterocycles. The van der Waals surface area contributed by atoms with E-state index in [4.69, 9.17) is 0 Å². The molecule has 0 fully saturated rings. The third-order valence-electron chi connectivity index (χ3n) is 2.95. The van der Waals surface area contributed by atoms with Gasteiger partial charge >= 0.3 is 0 Å². The Balaban J connectivity index is 2.21. The molecule has 0 amide bonds. The maximum atomic E-state index is 12.6. The van der Waals surface area contributed by atoms with Crippen molar-refractivity contribution >= 4 is 30.8 Å². The van der Waals surface area contributed by atoms with Crippen LogP contribution in [0.1, 0.15) is 0 Å². The molecule has 9 heteroatoms. The number of hydrogen-bond donors (Lipinski definition) is 0. The molecule has 3 rings (SSSR count). The number of rotatable bonds is 3.